The molecular formula is C35H50O24. The summed E-state index contributed by atoms with van der Waals surface area (Å²) in [6.07, 6.45) is -24.7. The van der Waals surface area contributed by atoms with E-state index in [1.807, 2.05) is 0 Å². The molecule has 0 bridgehead atoms. The number of carbonyl (C=O) groups is 8. The van der Waals surface area contributed by atoms with E-state index in [9.17, 15) is 48.6 Å². The van der Waals surface area contributed by atoms with Crippen LogP contribution in [0.2, 0.25) is 0 Å². The highest BCUT2D eigenvalue weighted by Crippen LogP contribution is 2.35. The van der Waals surface area contributed by atoms with Gasteiger partial charge in [-0.25, -0.2) is 0 Å². The first-order chi connectivity index (χ1) is 27.6. The highest BCUT2D eigenvalue weighted by atomic mass is 16.8. The van der Waals surface area contributed by atoms with Crippen LogP contribution in [-0.4, -0.2) is 177 Å². The molecule has 0 aromatic heterocycles. The van der Waals surface area contributed by atoms with Crippen molar-refractivity contribution in [2.75, 3.05) is 26.9 Å². The molecular weight excluding hydrogens is 804 g/mol. The molecule has 3 aliphatic heterocycles. The Morgan fingerprint density at radius 3 is 1.15 bits per heavy atom. The third kappa shape index (κ3) is 14.0. The summed E-state index contributed by atoms with van der Waals surface area (Å²) in [6.45, 7) is 6.39. The zero-order valence-corrected chi connectivity index (χ0v) is 33.7. The van der Waals surface area contributed by atoms with Gasteiger partial charge in [0.2, 0.25) is 0 Å². The fourth-order valence-electron chi connectivity index (χ4n) is 6.36. The molecule has 0 aliphatic carbocycles. The van der Waals surface area contributed by atoms with Gasteiger partial charge in [0.05, 0.1) is 6.61 Å². The highest BCUT2D eigenvalue weighted by Gasteiger charge is 2.57. The minimum Gasteiger partial charge on any atom is -0.463 e. The van der Waals surface area contributed by atoms with Crippen LogP contribution in [0.4, 0.5) is 0 Å². The van der Waals surface area contributed by atoms with Gasteiger partial charge < -0.3 is 76.5 Å². The summed E-state index contributed by atoms with van der Waals surface area (Å²) >= 11 is 0. The monoisotopic (exact) mass is 854 g/mol. The van der Waals surface area contributed by atoms with Gasteiger partial charge >= 0.3 is 47.8 Å². The van der Waals surface area contributed by atoms with E-state index in [4.69, 9.17) is 66.3 Å². The van der Waals surface area contributed by atoms with Crippen molar-refractivity contribution in [3.63, 3.8) is 0 Å². The fourth-order valence-corrected chi connectivity index (χ4v) is 6.36. The number of hydrogen-bond donors (Lipinski definition) is 2. The molecule has 0 radical (unpaired) electrons. The van der Waals surface area contributed by atoms with Crippen molar-refractivity contribution in [3.05, 3.63) is 0 Å². The van der Waals surface area contributed by atoms with Gasteiger partial charge in [-0.05, 0) is 0 Å². The van der Waals surface area contributed by atoms with Crippen LogP contribution in [0.5, 0.6) is 0 Å². The molecule has 15 atom stereocenters. The smallest absolute Gasteiger partial charge is 0.303 e. The van der Waals surface area contributed by atoms with Gasteiger partial charge in [0.1, 0.15) is 49.8 Å². The van der Waals surface area contributed by atoms with Crippen molar-refractivity contribution in [1.29, 1.82) is 0 Å². The van der Waals surface area contributed by atoms with E-state index in [1.165, 1.54) is 0 Å². The van der Waals surface area contributed by atoms with Gasteiger partial charge in [-0.2, -0.15) is 0 Å². The zero-order chi connectivity index (χ0) is 44.3. The molecule has 3 aliphatic rings. The molecule has 0 aromatic carbocycles. The number of aliphatic hydroxyl groups excluding tert-OH is 2. The molecule has 0 spiro atoms. The summed E-state index contributed by atoms with van der Waals surface area (Å²) in [5.41, 5.74) is 0. The maximum atomic E-state index is 12.3. The van der Waals surface area contributed by atoms with E-state index in [0.29, 0.717) is 0 Å². The average molecular weight is 855 g/mol. The number of aliphatic hydroxyl groups is 2. The minimum absolute atomic E-state index is 0.565. The lowest BCUT2D eigenvalue weighted by Crippen LogP contribution is -2.66. The Morgan fingerprint density at radius 2 is 0.763 bits per heavy atom. The van der Waals surface area contributed by atoms with Gasteiger partial charge in [0.15, 0.2) is 55.5 Å². The van der Waals surface area contributed by atoms with E-state index >= 15 is 0 Å². The van der Waals surface area contributed by atoms with Gasteiger partial charge in [-0.3, -0.25) is 38.4 Å². The first-order valence-electron chi connectivity index (χ1n) is 18.1. The van der Waals surface area contributed by atoms with Crippen molar-refractivity contribution in [1.82, 2.24) is 0 Å². The van der Waals surface area contributed by atoms with Crippen LogP contribution in [0.25, 0.3) is 0 Å². The summed E-state index contributed by atoms with van der Waals surface area (Å²) in [7, 11) is 1.13. The summed E-state index contributed by atoms with van der Waals surface area (Å²) in [5, 5.41) is 22.9. The standard InChI is InChI=1S/C35H50O24/c1-13(36)47-11-22-26(50-15(3)38)29(52-17(5)40)31(54-19(7)42)34(57-22)49-10-21-24(44)28(25(45)33(46-9)56-21)59-35-32(55-20(8)43)30(53-18(6)41)27(51-16(4)39)23(58-35)12-48-14(2)37/h21-35,44-45H,10-12H2,1-9H3/t21?,22?,23?,24-,25?,26+,27-,28?,29?,30?,31?,32?,33+,34-,35+/m1/s1. The van der Waals surface area contributed by atoms with Crippen LogP contribution >= 0.6 is 0 Å². The molecule has 2 N–H and O–H groups in total. The number of esters is 8. The van der Waals surface area contributed by atoms with Crippen molar-refractivity contribution in [2.45, 2.75) is 148 Å². The Labute approximate surface area is 337 Å². The molecule has 0 amide bonds. The lowest BCUT2D eigenvalue weighted by atomic mass is 9.96. The predicted octanol–water partition coefficient (Wildman–Crippen LogP) is -2.35. The SMILES string of the molecule is CO[C@H]1OC(CO[C@@H]2OC(COC(C)=O)[C@H](OC(C)=O)C(OC(C)=O)C2OC(C)=O)[C@@H](O)C(O[C@@H]2OC(COC(C)=O)[C@@H](OC(C)=O)C(OC(C)=O)C2OC(C)=O)C1O. The third-order valence-electron chi connectivity index (χ3n) is 8.49. The summed E-state index contributed by atoms with van der Waals surface area (Å²) in [4.78, 5) is 96.8. The largest absolute Gasteiger partial charge is 0.463 e. The van der Waals surface area contributed by atoms with Gasteiger partial charge in [0.25, 0.3) is 0 Å². The summed E-state index contributed by atoms with van der Waals surface area (Å²) in [6, 6.07) is 0. The summed E-state index contributed by atoms with van der Waals surface area (Å²) in [5.74, 6) is -7.00. The molecule has 334 valence electrons. The van der Waals surface area contributed by atoms with E-state index < -0.39 is 160 Å². The lowest BCUT2D eigenvalue weighted by molar-refractivity contribution is -0.364. The molecule has 3 rings (SSSR count). The molecule has 59 heavy (non-hydrogen) atoms. The number of methoxy groups -OCH3 is 1. The first kappa shape index (κ1) is 48.8. The molecule has 0 aromatic rings. The fraction of sp³-hybridized carbons (Fsp3) is 0.771. The quantitative estimate of drug-likeness (QED) is 0.121. The van der Waals surface area contributed by atoms with Crippen LogP contribution in [0, 0.1) is 0 Å². The second-order valence-electron chi connectivity index (χ2n) is 13.3. The van der Waals surface area contributed by atoms with Gasteiger partial charge in [-0.15, -0.1) is 0 Å². The van der Waals surface area contributed by atoms with E-state index in [2.05, 4.69) is 0 Å². The molecule has 3 heterocycles. The predicted molar refractivity (Wildman–Crippen MR) is 182 cm³/mol. The maximum absolute atomic E-state index is 12.3. The number of rotatable bonds is 16. The summed E-state index contributed by atoms with van der Waals surface area (Å²) < 4.78 is 77.3. The Hall–Kier alpha value is -4.56. The molecule has 24 nitrogen and oxygen atoms in total. The molecule has 3 fully saturated rings. The van der Waals surface area contributed by atoms with Crippen LogP contribution in [0.1, 0.15) is 55.4 Å². The Balaban J connectivity index is 2.00. The Kier molecular flexibility index (Phi) is 18.3. The second-order valence-corrected chi connectivity index (χ2v) is 13.3. The second kappa shape index (κ2) is 22.2. The minimum atomic E-state index is -1.91. The zero-order valence-electron chi connectivity index (χ0n) is 33.7. The van der Waals surface area contributed by atoms with Crippen LogP contribution < -0.4 is 0 Å². The molecule has 3 saturated heterocycles. The van der Waals surface area contributed by atoms with Crippen molar-refractivity contribution >= 4 is 47.8 Å². The normalized spacial score (nSPS) is 34.3. The van der Waals surface area contributed by atoms with Crippen LogP contribution in [0.15, 0.2) is 0 Å². The lowest BCUT2D eigenvalue weighted by Gasteiger charge is -2.48. The number of hydrogen-bond acceptors (Lipinski definition) is 24. The van der Waals surface area contributed by atoms with Gasteiger partial charge in [-0.1, -0.05) is 0 Å². The van der Waals surface area contributed by atoms with Crippen molar-refractivity contribution in [2.24, 2.45) is 0 Å². The number of ether oxygens (including phenoxy) is 14. The van der Waals surface area contributed by atoms with Crippen molar-refractivity contribution in [3.8, 4) is 0 Å². The topological polar surface area (TPSA) is 306 Å². The Bertz CT molecular complexity index is 1520. The maximum Gasteiger partial charge on any atom is 0.303 e. The Morgan fingerprint density at radius 1 is 0.407 bits per heavy atom. The third-order valence-corrected chi connectivity index (χ3v) is 8.49. The first-order valence-corrected chi connectivity index (χ1v) is 18.1. The van der Waals surface area contributed by atoms with Gasteiger partial charge in [0, 0.05) is 62.5 Å². The van der Waals surface area contributed by atoms with E-state index in [1.54, 1.807) is 0 Å². The molecule has 24 heteroatoms. The molecule has 9 unspecified atom stereocenters. The average Bonchev–Trinajstić information content (AvgIpc) is 3.11. The molecule has 0 saturated carbocycles. The van der Waals surface area contributed by atoms with Crippen molar-refractivity contribution < 1.29 is 115 Å². The van der Waals surface area contributed by atoms with E-state index in [-0.39, 0.29) is 0 Å². The van der Waals surface area contributed by atoms with Crippen LogP contribution in [0.3, 0.4) is 0 Å². The number of carbonyl (C=O) groups excluding carboxylic acids is 8. The van der Waals surface area contributed by atoms with Crippen LogP contribution in [-0.2, 0) is 105 Å². The van der Waals surface area contributed by atoms with E-state index in [0.717, 1.165) is 62.5 Å². The highest BCUT2D eigenvalue weighted by molar-refractivity contribution is 5.70.